The zero-order valence-corrected chi connectivity index (χ0v) is 9.46. The third kappa shape index (κ3) is 1.70. The number of hydrogen-bond acceptors (Lipinski definition) is 3. The molecule has 0 aliphatic rings. The van der Waals surface area contributed by atoms with Crippen LogP contribution < -0.4 is 10.3 Å². The summed E-state index contributed by atoms with van der Waals surface area (Å²) in [6, 6.07) is 4.78. The molecule has 0 radical (unpaired) electrons. The van der Waals surface area contributed by atoms with Crippen molar-refractivity contribution in [2.75, 3.05) is 7.11 Å². The SMILES string of the molecule is COc1cc2cc(O)c(Br)cc2[nH]c1=O. The molecule has 78 valence electrons. The van der Waals surface area contributed by atoms with Crippen molar-refractivity contribution in [3.63, 3.8) is 0 Å². The molecule has 0 aliphatic heterocycles. The normalized spacial score (nSPS) is 10.5. The van der Waals surface area contributed by atoms with Gasteiger partial charge in [-0.15, -0.1) is 0 Å². The van der Waals surface area contributed by atoms with E-state index in [0.717, 1.165) is 0 Å². The van der Waals surface area contributed by atoms with Crippen LogP contribution in [0.3, 0.4) is 0 Å². The summed E-state index contributed by atoms with van der Waals surface area (Å²) in [6.45, 7) is 0. The lowest BCUT2D eigenvalue weighted by Crippen LogP contribution is -2.08. The maximum absolute atomic E-state index is 11.4. The van der Waals surface area contributed by atoms with E-state index in [1.807, 2.05) is 0 Å². The number of aromatic amines is 1. The lowest BCUT2D eigenvalue weighted by molar-refractivity contribution is 0.409. The molecule has 0 fully saturated rings. The minimum Gasteiger partial charge on any atom is -0.507 e. The second-order valence-corrected chi connectivity index (χ2v) is 3.91. The van der Waals surface area contributed by atoms with Crippen LogP contribution in [0.5, 0.6) is 11.5 Å². The molecule has 1 heterocycles. The number of pyridine rings is 1. The fourth-order valence-electron chi connectivity index (χ4n) is 1.35. The Bertz CT molecular complexity index is 577. The number of H-pyrrole nitrogens is 1. The number of halogens is 1. The molecule has 0 amide bonds. The summed E-state index contributed by atoms with van der Waals surface area (Å²) in [6.07, 6.45) is 0. The van der Waals surface area contributed by atoms with Crippen LogP contribution in [0.2, 0.25) is 0 Å². The van der Waals surface area contributed by atoms with Gasteiger partial charge in [-0.3, -0.25) is 4.79 Å². The third-order valence-corrected chi connectivity index (χ3v) is 2.73. The molecule has 0 bridgehead atoms. The van der Waals surface area contributed by atoms with Crippen LogP contribution in [0.25, 0.3) is 10.9 Å². The molecule has 0 aliphatic carbocycles. The van der Waals surface area contributed by atoms with Crippen molar-refractivity contribution in [1.29, 1.82) is 0 Å². The van der Waals surface area contributed by atoms with Gasteiger partial charge in [0.15, 0.2) is 5.75 Å². The van der Waals surface area contributed by atoms with Gasteiger partial charge in [0.2, 0.25) is 0 Å². The first-order valence-corrected chi connectivity index (χ1v) is 5.00. The van der Waals surface area contributed by atoms with Crippen LogP contribution >= 0.6 is 15.9 Å². The molecule has 0 saturated heterocycles. The average Bonchev–Trinajstić information content (AvgIpc) is 2.20. The molecule has 1 aromatic carbocycles. The highest BCUT2D eigenvalue weighted by Gasteiger charge is 2.05. The number of ether oxygens (including phenoxy) is 1. The van der Waals surface area contributed by atoms with Gasteiger partial charge < -0.3 is 14.8 Å². The van der Waals surface area contributed by atoms with Gasteiger partial charge in [-0.05, 0) is 34.1 Å². The summed E-state index contributed by atoms with van der Waals surface area (Å²) in [5.74, 6) is 0.348. The van der Waals surface area contributed by atoms with Crippen molar-refractivity contribution in [3.05, 3.63) is 33.0 Å². The highest BCUT2D eigenvalue weighted by atomic mass is 79.9. The topological polar surface area (TPSA) is 62.3 Å². The largest absolute Gasteiger partial charge is 0.507 e. The number of methoxy groups -OCH3 is 1. The van der Waals surface area contributed by atoms with Crippen LogP contribution in [0, 0.1) is 0 Å². The summed E-state index contributed by atoms with van der Waals surface area (Å²) in [5, 5.41) is 10.2. The van der Waals surface area contributed by atoms with Gasteiger partial charge in [0.25, 0.3) is 5.56 Å². The lowest BCUT2D eigenvalue weighted by Gasteiger charge is -2.03. The summed E-state index contributed by atoms with van der Waals surface area (Å²) in [5.41, 5.74) is 0.355. The van der Waals surface area contributed by atoms with Crippen molar-refractivity contribution in [2.24, 2.45) is 0 Å². The number of phenols is 1. The second-order valence-electron chi connectivity index (χ2n) is 3.06. The second kappa shape index (κ2) is 3.58. The zero-order valence-electron chi connectivity index (χ0n) is 7.87. The number of fused-ring (bicyclic) bond motifs is 1. The van der Waals surface area contributed by atoms with E-state index in [0.29, 0.717) is 15.4 Å². The first kappa shape index (κ1) is 10.0. The van der Waals surface area contributed by atoms with E-state index in [9.17, 15) is 9.90 Å². The Morgan fingerprint density at radius 2 is 2.13 bits per heavy atom. The number of benzene rings is 1. The molecule has 2 N–H and O–H groups in total. The molecule has 2 aromatic rings. The minimum atomic E-state index is -0.289. The van der Waals surface area contributed by atoms with Gasteiger partial charge in [-0.25, -0.2) is 0 Å². The number of nitrogens with one attached hydrogen (secondary N) is 1. The van der Waals surface area contributed by atoms with Crippen molar-refractivity contribution in [1.82, 2.24) is 4.98 Å². The molecule has 2 rings (SSSR count). The Morgan fingerprint density at radius 3 is 2.80 bits per heavy atom. The molecule has 1 aromatic heterocycles. The lowest BCUT2D eigenvalue weighted by atomic mass is 10.2. The van der Waals surface area contributed by atoms with Crippen LogP contribution in [-0.2, 0) is 0 Å². The number of hydrogen-bond donors (Lipinski definition) is 2. The Hall–Kier alpha value is -1.49. The number of phenolic OH excluding ortho intramolecular Hbond substituents is 1. The van der Waals surface area contributed by atoms with E-state index in [4.69, 9.17) is 4.74 Å². The van der Waals surface area contributed by atoms with Gasteiger partial charge >= 0.3 is 0 Å². The predicted molar refractivity (Wildman–Crippen MR) is 60.5 cm³/mol. The van der Waals surface area contributed by atoms with Crippen LogP contribution in [0.1, 0.15) is 0 Å². The minimum absolute atomic E-state index is 0.122. The molecular weight excluding hydrogens is 262 g/mol. The van der Waals surface area contributed by atoms with Crippen molar-refractivity contribution < 1.29 is 9.84 Å². The van der Waals surface area contributed by atoms with E-state index in [-0.39, 0.29) is 17.1 Å². The maximum Gasteiger partial charge on any atom is 0.290 e. The van der Waals surface area contributed by atoms with E-state index in [1.165, 1.54) is 7.11 Å². The highest BCUT2D eigenvalue weighted by Crippen LogP contribution is 2.28. The van der Waals surface area contributed by atoms with Crippen molar-refractivity contribution in [2.45, 2.75) is 0 Å². The van der Waals surface area contributed by atoms with Gasteiger partial charge in [0.05, 0.1) is 11.6 Å². The quantitative estimate of drug-likeness (QED) is 0.833. The van der Waals surface area contributed by atoms with Gasteiger partial charge in [-0.1, -0.05) is 0 Å². The zero-order chi connectivity index (χ0) is 11.0. The third-order valence-electron chi connectivity index (χ3n) is 2.10. The van der Waals surface area contributed by atoms with E-state index in [2.05, 4.69) is 20.9 Å². The molecule has 5 heteroatoms. The maximum atomic E-state index is 11.4. The summed E-state index contributed by atoms with van der Waals surface area (Å²) >= 11 is 3.17. The average molecular weight is 270 g/mol. The van der Waals surface area contributed by atoms with Crippen molar-refractivity contribution in [3.8, 4) is 11.5 Å². The Morgan fingerprint density at radius 1 is 1.40 bits per heavy atom. The Balaban J connectivity index is 2.82. The standard InChI is InChI=1S/C10H8BrNO3/c1-15-9-3-5-2-8(13)6(11)4-7(5)12-10(9)14/h2-4,13H,1H3,(H,12,14). The Kier molecular flexibility index (Phi) is 2.40. The van der Waals surface area contributed by atoms with Gasteiger partial charge in [0, 0.05) is 10.9 Å². The number of rotatable bonds is 1. The molecule has 0 atom stereocenters. The van der Waals surface area contributed by atoms with E-state index in [1.54, 1.807) is 18.2 Å². The van der Waals surface area contributed by atoms with E-state index >= 15 is 0 Å². The summed E-state index contributed by atoms with van der Waals surface area (Å²) in [7, 11) is 1.43. The molecule has 4 nitrogen and oxygen atoms in total. The summed E-state index contributed by atoms with van der Waals surface area (Å²) < 4.78 is 5.42. The first-order valence-electron chi connectivity index (χ1n) is 4.21. The summed E-state index contributed by atoms with van der Waals surface area (Å²) in [4.78, 5) is 14.1. The number of aromatic nitrogens is 1. The fraction of sp³-hybridized carbons (Fsp3) is 0.100. The highest BCUT2D eigenvalue weighted by molar-refractivity contribution is 9.10. The van der Waals surface area contributed by atoms with Crippen LogP contribution in [-0.4, -0.2) is 17.2 Å². The van der Waals surface area contributed by atoms with Crippen molar-refractivity contribution >= 4 is 26.8 Å². The molecule has 0 unspecified atom stereocenters. The molecule has 0 spiro atoms. The van der Waals surface area contributed by atoms with E-state index < -0.39 is 0 Å². The van der Waals surface area contributed by atoms with Crippen LogP contribution in [0.15, 0.2) is 27.5 Å². The molecule has 0 saturated carbocycles. The fourth-order valence-corrected chi connectivity index (χ4v) is 1.69. The molecule has 15 heavy (non-hydrogen) atoms. The first-order chi connectivity index (χ1) is 7.11. The van der Waals surface area contributed by atoms with Crippen LogP contribution in [0.4, 0.5) is 0 Å². The van der Waals surface area contributed by atoms with Gasteiger partial charge in [-0.2, -0.15) is 0 Å². The Labute approximate surface area is 93.6 Å². The molecular formula is C10H8BrNO3. The van der Waals surface area contributed by atoms with Gasteiger partial charge in [0.1, 0.15) is 5.75 Å². The predicted octanol–water partition coefficient (Wildman–Crippen LogP) is 2.00. The monoisotopic (exact) mass is 269 g/mol. The number of aromatic hydroxyl groups is 1. The smallest absolute Gasteiger partial charge is 0.290 e.